The topological polar surface area (TPSA) is 38.8 Å². The summed E-state index contributed by atoms with van der Waals surface area (Å²) in [6, 6.07) is 14.4. The number of carbonyl (C=O) groups excluding carboxylic acids is 1. The van der Waals surface area contributed by atoms with Gasteiger partial charge in [0.1, 0.15) is 12.4 Å². The van der Waals surface area contributed by atoms with Crippen molar-refractivity contribution >= 4 is 11.5 Å². The fourth-order valence-electron chi connectivity index (χ4n) is 3.15. The molecule has 0 saturated carbocycles. The van der Waals surface area contributed by atoms with Gasteiger partial charge in [0.05, 0.1) is 13.5 Å². The average molecular weight is 351 g/mol. The van der Waals surface area contributed by atoms with Gasteiger partial charge in [0.15, 0.2) is 0 Å². The summed E-state index contributed by atoms with van der Waals surface area (Å²) >= 11 is 0. The number of hydrogen-bond donors (Lipinski definition) is 0. The van der Waals surface area contributed by atoms with Gasteiger partial charge in [-0.2, -0.15) is 0 Å². The van der Waals surface area contributed by atoms with Crippen LogP contribution < -0.4 is 4.74 Å². The second-order valence-corrected chi connectivity index (χ2v) is 6.74. The van der Waals surface area contributed by atoms with Gasteiger partial charge >= 0.3 is 5.97 Å². The van der Waals surface area contributed by atoms with Gasteiger partial charge in [0, 0.05) is 12.1 Å². The molecule has 0 spiro atoms. The van der Waals surface area contributed by atoms with Crippen molar-refractivity contribution in [2.75, 3.05) is 27.7 Å². The Labute approximate surface area is 155 Å². The molecule has 1 aliphatic heterocycles. The lowest BCUT2D eigenvalue weighted by Gasteiger charge is -2.13. The molecule has 0 N–H and O–H groups in total. The van der Waals surface area contributed by atoms with Crippen LogP contribution in [0.2, 0.25) is 0 Å². The zero-order valence-corrected chi connectivity index (χ0v) is 15.6. The zero-order valence-electron chi connectivity index (χ0n) is 15.6. The number of benzene rings is 2. The van der Waals surface area contributed by atoms with Gasteiger partial charge in [-0.1, -0.05) is 42.5 Å². The maximum Gasteiger partial charge on any atom is 0.309 e. The van der Waals surface area contributed by atoms with Crippen molar-refractivity contribution in [2.45, 2.75) is 19.4 Å². The van der Waals surface area contributed by atoms with E-state index in [0.29, 0.717) is 6.61 Å². The third-order valence-electron chi connectivity index (χ3n) is 4.53. The number of esters is 1. The molecule has 0 saturated heterocycles. The lowest BCUT2D eigenvalue weighted by atomic mass is 9.92. The summed E-state index contributed by atoms with van der Waals surface area (Å²) in [7, 11) is 5.57. The van der Waals surface area contributed by atoms with Crippen LogP contribution in [0.15, 0.2) is 48.5 Å². The molecule has 136 valence electrons. The minimum Gasteiger partial charge on any atom is -0.488 e. The molecule has 0 fully saturated rings. The van der Waals surface area contributed by atoms with Crippen LogP contribution in [0, 0.1) is 0 Å². The summed E-state index contributed by atoms with van der Waals surface area (Å²) in [6.45, 7) is 1.51. The van der Waals surface area contributed by atoms with Crippen molar-refractivity contribution in [2.24, 2.45) is 0 Å². The van der Waals surface area contributed by atoms with Crippen LogP contribution in [-0.4, -0.2) is 38.6 Å². The molecule has 2 aromatic rings. The monoisotopic (exact) mass is 351 g/mol. The van der Waals surface area contributed by atoms with Crippen LogP contribution in [0.1, 0.15) is 28.7 Å². The molecule has 0 bridgehead atoms. The summed E-state index contributed by atoms with van der Waals surface area (Å²) in [5.74, 6) is 0.572. The standard InChI is InChI=1S/C22H25NO3/c1-23(2)12-6-9-19-18-8-5-4-7-17(18)15-26-21-13-16(10-11-20(19)21)14-22(24)25-3/h4-5,7-11,13H,6,12,14-15H2,1-3H3/b19-9-. The predicted octanol–water partition coefficient (Wildman–Crippen LogP) is 3.68. The van der Waals surface area contributed by atoms with Crippen LogP contribution >= 0.6 is 0 Å². The third-order valence-corrected chi connectivity index (χ3v) is 4.53. The third kappa shape index (κ3) is 4.14. The first-order valence-corrected chi connectivity index (χ1v) is 8.84. The Hall–Kier alpha value is -2.59. The van der Waals surface area contributed by atoms with E-state index in [2.05, 4.69) is 49.3 Å². The van der Waals surface area contributed by atoms with Crippen LogP contribution in [0.5, 0.6) is 5.75 Å². The molecular weight excluding hydrogens is 326 g/mol. The first kappa shape index (κ1) is 18.2. The molecule has 1 aliphatic rings. The maximum absolute atomic E-state index is 11.6. The zero-order chi connectivity index (χ0) is 18.5. The van der Waals surface area contributed by atoms with E-state index in [1.807, 2.05) is 18.2 Å². The molecule has 26 heavy (non-hydrogen) atoms. The van der Waals surface area contributed by atoms with Crippen LogP contribution in [0.3, 0.4) is 0 Å². The summed E-state index contributed by atoms with van der Waals surface area (Å²) in [5, 5.41) is 0. The van der Waals surface area contributed by atoms with E-state index in [9.17, 15) is 4.79 Å². The Kier molecular flexibility index (Phi) is 5.74. The molecular formula is C22H25NO3. The van der Waals surface area contributed by atoms with E-state index < -0.39 is 0 Å². The van der Waals surface area contributed by atoms with Gasteiger partial charge < -0.3 is 14.4 Å². The first-order valence-electron chi connectivity index (χ1n) is 8.84. The Balaban J connectivity index is 2.01. The predicted molar refractivity (Wildman–Crippen MR) is 103 cm³/mol. The molecule has 3 rings (SSSR count). The fraction of sp³-hybridized carbons (Fsp3) is 0.318. The molecule has 4 nitrogen and oxygen atoms in total. The number of hydrogen-bond acceptors (Lipinski definition) is 4. The lowest BCUT2D eigenvalue weighted by Crippen LogP contribution is -2.12. The Morgan fingerprint density at radius 1 is 1.19 bits per heavy atom. The molecule has 0 radical (unpaired) electrons. The van der Waals surface area contributed by atoms with Crippen molar-refractivity contribution in [3.05, 3.63) is 70.8 Å². The number of ether oxygens (including phenoxy) is 2. The highest BCUT2D eigenvalue weighted by molar-refractivity contribution is 5.85. The van der Waals surface area contributed by atoms with Gasteiger partial charge in [-0.15, -0.1) is 0 Å². The van der Waals surface area contributed by atoms with Crippen molar-refractivity contribution in [3.8, 4) is 5.75 Å². The minimum atomic E-state index is -0.247. The fourth-order valence-corrected chi connectivity index (χ4v) is 3.15. The summed E-state index contributed by atoms with van der Waals surface area (Å²) < 4.78 is 10.9. The van der Waals surface area contributed by atoms with Gasteiger partial charge in [0.25, 0.3) is 0 Å². The molecule has 0 aliphatic carbocycles. The quantitative estimate of drug-likeness (QED) is 0.771. The summed E-state index contributed by atoms with van der Waals surface area (Å²) in [4.78, 5) is 13.8. The molecule has 1 heterocycles. The van der Waals surface area contributed by atoms with E-state index in [1.54, 1.807) is 0 Å². The SMILES string of the molecule is COC(=O)Cc1ccc2c(c1)OCc1ccccc1/C2=C/CCN(C)C. The molecule has 4 heteroatoms. The number of carbonyl (C=O) groups is 1. The first-order chi connectivity index (χ1) is 12.6. The van der Waals surface area contributed by atoms with Crippen LogP contribution in [-0.2, 0) is 22.6 Å². The molecule has 2 aromatic carbocycles. The van der Waals surface area contributed by atoms with E-state index in [1.165, 1.54) is 23.8 Å². The number of rotatable bonds is 5. The molecule has 0 amide bonds. The molecule has 0 atom stereocenters. The van der Waals surface area contributed by atoms with Crippen molar-refractivity contribution in [1.82, 2.24) is 4.90 Å². The molecule has 0 aromatic heterocycles. The number of fused-ring (bicyclic) bond motifs is 2. The number of nitrogens with zero attached hydrogens (tertiary/aromatic N) is 1. The van der Waals surface area contributed by atoms with E-state index in [-0.39, 0.29) is 12.4 Å². The molecule has 0 unspecified atom stereocenters. The highest BCUT2D eigenvalue weighted by Crippen LogP contribution is 2.37. The summed E-state index contributed by atoms with van der Waals surface area (Å²) in [5.41, 5.74) is 5.55. The van der Waals surface area contributed by atoms with Crippen LogP contribution in [0.4, 0.5) is 0 Å². The second-order valence-electron chi connectivity index (χ2n) is 6.74. The van der Waals surface area contributed by atoms with E-state index in [4.69, 9.17) is 9.47 Å². The van der Waals surface area contributed by atoms with E-state index >= 15 is 0 Å². The normalized spacial score (nSPS) is 14.4. The highest BCUT2D eigenvalue weighted by atomic mass is 16.5. The van der Waals surface area contributed by atoms with Gasteiger partial charge in [-0.05, 0) is 48.8 Å². The smallest absolute Gasteiger partial charge is 0.309 e. The Morgan fingerprint density at radius 3 is 2.77 bits per heavy atom. The van der Waals surface area contributed by atoms with Gasteiger partial charge in [0.2, 0.25) is 0 Å². The maximum atomic E-state index is 11.6. The Bertz CT molecular complexity index is 824. The van der Waals surface area contributed by atoms with Gasteiger partial charge in [-0.25, -0.2) is 0 Å². The van der Waals surface area contributed by atoms with Crippen molar-refractivity contribution in [1.29, 1.82) is 0 Å². The van der Waals surface area contributed by atoms with E-state index in [0.717, 1.165) is 29.8 Å². The second kappa shape index (κ2) is 8.19. The summed E-state index contributed by atoms with van der Waals surface area (Å²) in [6.07, 6.45) is 3.49. The largest absolute Gasteiger partial charge is 0.488 e. The van der Waals surface area contributed by atoms with Gasteiger partial charge in [-0.3, -0.25) is 4.79 Å². The van der Waals surface area contributed by atoms with Crippen molar-refractivity contribution < 1.29 is 14.3 Å². The average Bonchev–Trinajstić information content (AvgIpc) is 2.78. The lowest BCUT2D eigenvalue weighted by molar-refractivity contribution is -0.139. The minimum absolute atomic E-state index is 0.247. The Morgan fingerprint density at radius 2 is 2.00 bits per heavy atom. The number of methoxy groups -OCH3 is 1. The van der Waals surface area contributed by atoms with Crippen LogP contribution in [0.25, 0.3) is 5.57 Å². The highest BCUT2D eigenvalue weighted by Gasteiger charge is 2.19. The van der Waals surface area contributed by atoms with Crippen molar-refractivity contribution in [3.63, 3.8) is 0 Å².